The standard InChI is InChI=1S/CH2O3.2Ce.H3O4P/c2-1(3)4;;;1-5(2,3)4/h(H2,2,3,4);;;(H3,1,2,3,4). The Morgan fingerprint density at radius 3 is 1.00 bits per heavy atom. The summed E-state index contributed by atoms with van der Waals surface area (Å²) in [5.74, 6) is 0. The van der Waals surface area contributed by atoms with Crippen LogP contribution in [0.15, 0.2) is 0 Å². The van der Waals surface area contributed by atoms with Crippen molar-refractivity contribution in [3.8, 4) is 0 Å². The smallest absolute Gasteiger partial charge is 0.450 e. The Kier molecular flexibility index (Phi) is 25.6. The molecule has 0 aliphatic carbocycles. The second-order valence-corrected chi connectivity index (χ2v) is 1.82. The maximum atomic E-state index is 8.88. The summed E-state index contributed by atoms with van der Waals surface area (Å²) in [6.45, 7) is 0. The molecule has 0 aromatic rings. The van der Waals surface area contributed by atoms with Gasteiger partial charge < -0.3 is 24.9 Å². The first-order chi connectivity index (χ1) is 3.73. The Morgan fingerprint density at radius 2 is 1.00 bits per heavy atom. The first kappa shape index (κ1) is 23.2. The Hall–Kier alpha value is 2.13. The maximum absolute atomic E-state index is 8.88. The van der Waals surface area contributed by atoms with E-state index in [2.05, 4.69) is 0 Å². The molecule has 10 heteroatoms. The summed E-state index contributed by atoms with van der Waals surface area (Å²) < 4.78 is 8.88. The molecule has 11 heavy (non-hydrogen) atoms. The Balaban J connectivity index is -0.0000000383. The van der Waals surface area contributed by atoms with E-state index in [0.29, 0.717) is 0 Å². The second kappa shape index (κ2) is 12.1. The molecule has 0 aromatic heterocycles. The summed E-state index contributed by atoms with van der Waals surface area (Å²) in [6, 6.07) is 0. The third-order valence-electron chi connectivity index (χ3n) is 0. The van der Waals surface area contributed by atoms with Crippen LogP contribution < -0.4 is 0 Å². The molecule has 0 saturated carbocycles. The minimum absolute atomic E-state index is 0. The molecule has 0 fully saturated rings. The molecular formula is CH5Ce2O7P. The third kappa shape index (κ3) is 274. The minimum atomic E-state index is -4.64. The molecule has 0 atom stereocenters. The minimum Gasteiger partial charge on any atom is -0.450 e. The summed E-state index contributed by atoms with van der Waals surface area (Å²) in [5.41, 5.74) is 0. The number of rotatable bonds is 0. The average Bonchev–Trinajstić information content (AvgIpc) is 1.19. The summed E-state index contributed by atoms with van der Waals surface area (Å²) >= 11 is 0. The van der Waals surface area contributed by atoms with Gasteiger partial charge in [0.2, 0.25) is 0 Å². The van der Waals surface area contributed by atoms with E-state index in [1.54, 1.807) is 0 Å². The van der Waals surface area contributed by atoms with E-state index in [9.17, 15) is 0 Å². The summed E-state index contributed by atoms with van der Waals surface area (Å²) in [7, 11) is -4.64. The maximum Gasteiger partial charge on any atom is 0.503 e. The van der Waals surface area contributed by atoms with Crippen LogP contribution in [0, 0.1) is 83.5 Å². The van der Waals surface area contributed by atoms with Crippen LogP contribution in [0.4, 0.5) is 4.79 Å². The SMILES string of the molecule is O=C(O)O.O=P(O)(O)O.[Ce].[Ce]. The van der Waals surface area contributed by atoms with Gasteiger partial charge in [-0.05, 0) is 0 Å². The van der Waals surface area contributed by atoms with Crippen molar-refractivity contribution in [1.82, 2.24) is 0 Å². The van der Waals surface area contributed by atoms with Crippen LogP contribution in [0.25, 0.3) is 0 Å². The van der Waals surface area contributed by atoms with Gasteiger partial charge in [-0.1, -0.05) is 0 Å². The van der Waals surface area contributed by atoms with Crippen molar-refractivity contribution in [3.05, 3.63) is 0 Å². The Bertz CT molecular complexity index is 116. The van der Waals surface area contributed by atoms with E-state index in [-0.39, 0.29) is 83.5 Å². The molecule has 7 nitrogen and oxygen atoms in total. The van der Waals surface area contributed by atoms with Gasteiger partial charge in [0, 0.05) is 83.5 Å². The summed E-state index contributed by atoms with van der Waals surface area (Å²) in [6.07, 6.45) is -1.83. The summed E-state index contributed by atoms with van der Waals surface area (Å²) in [4.78, 5) is 30.1. The second-order valence-electron chi connectivity index (χ2n) is 0.796. The van der Waals surface area contributed by atoms with Crippen LogP contribution in [-0.4, -0.2) is 31.0 Å². The predicted molar refractivity (Wildman–Crippen MR) is 24.9 cm³/mol. The third-order valence-corrected chi connectivity index (χ3v) is 0. The zero-order valence-electron chi connectivity index (χ0n) is 5.00. The summed E-state index contributed by atoms with van der Waals surface area (Å²) in [5, 5.41) is 13.9. The van der Waals surface area contributed by atoms with Gasteiger partial charge in [0.05, 0.1) is 0 Å². The first-order valence-corrected chi connectivity index (χ1v) is 3.00. The van der Waals surface area contributed by atoms with Crippen molar-refractivity contribution >= 4 is 14.0 Å². The number of carboxylic acid groups (broad SMARTS) is 2. The van der Waals surface area contributed by atoms with E-state index in [0.717, 1.165) is 0 Å². The van der Waals surface area contributed by atoms with E-state index in [1.165, 1.54) is 0 Å². The van der Waals surface area contributed by atoms with E-state index < -0.39 is 14.0 Å². The van der Waals surface area contributed by atoms with Crippen LogP contribution in [0.1, 0.15) is 0 Å². The van der Waals surface area contributed by atoms with Gasteiger partial charge in [-0.15, -0.1) is 0 Å². The van der Waals surface area contributed by atoms with Crippen molar-refractivity contribution in [2.75, 3.05) is 0 Å². The molecule has 5 N–H and O–H groups in total. The molecule has 0 spiro atoms. The molecule has 0 amide bonds. The van der Waals surface area contributed by atoms with Gasteiger partial charge in [-0.25, -0.2) is 9.36 Å². The number of phosphoric acid groups is 1. The van der Waals surface area contributed by atoms with Crippen molar-refractivity contribution in [3.63, 3.8) is 0 Å². The van der Waals surface area contributed by atoms with Crippen molar-refractivity contribution < 1.29 is 118 Å². The van der Waals surface area contributed by atoms with E-state index >= 15 is 0 Å². The number of carbonyl (C=O) groups is 1. The molecule has 0 bridgehead atoms. The zero-order chi connectivity index (χ0) is 8.08. The first-order valence-electron chi connectivity index (χ1n) is 1.43. The van der Waals surface area contributed by atoms with E-state index in [4.69, 9.17) is 34.3 Å². The predicted octanol–water partition coefficient (Wildman–Crippen LogP) is -0.706. The van der Waals surface area contributed by atoms with Crippen LogP contribution in [-0.2, 0) is 4.57 Å². The number of hydrogen-bond donors (Lipinski definition) is 5. The van der Waals surface area contributed by atoms with Crippen LogP contribution in [0.3, 0.4) is 0 Å². The molecule has 0 saturated heterocycles. The van der Waals surface area contributed by atoms with Crippen LogP contribution in [0.5, 0.6) is 0 Å². The van der Waals surface area contributed by atoms with Gasteiger partial charge >= 0.3 is 14.0 Å². The molecule has 0 aliphatic rings. The zero-order valence-corrected chi connectivity index (χ0v) is 12.2. The van der Waals surface area contributed by atoms with E-state index in [1.807, 2.05) is 0 Å². The molecule has 0 rings (SSSR count). The van der Waals surface area contributed by atoms with Gasteiger partial charge in [-0.3, -0.25) is 0 Å². The fourth-order valence-corrected chi connectivity index (χ4v) is 0. The van der Waals surface area contributed by atoms with Crippen molar-refractivity contribution in [1.29, 1.82) is 0 Å². The average molecular weight is 440 g/mol. The van der Waals surface area contributed by atoms with Gasteiger partial charge in [-0.2, -0.15) is 0 Å². The molecule has 0 heterocycles. The van der Waals surface area contributed by atoms with Crippen molar-refractivity contribution in [2.45, 2.75) is 0 Å². The fraction of sp³-hybridized carbons (Fsp3) is 0. The monoisotopic (exact) mass is 440 g/mol. The quantitative estimate of drug-likeness (QED) is 0.314. The largest absolute Gasteiger partial charge is 0.503 e. The van der Waals surface area contributed by atoms with Crippen molar-refractivity contribution in [2.24, 2.45) is 0 Å². The van der Waals surface area contributed by atoms with Gasteiger partial charge in [0.1, 0.15) is 0 Å². The molecule has 0 aromatic carbocycles. The molecule has 0 aliphatic heterocycles. The molecule has 0 unspecified atom stereocenters. The fourth-order valence-electron chi connectivity index (χ4n) is 0. The topological polar surface area (TPSA) is 135 Å². The Morgan fingerprint density at radius 1 is 1.00 bits per heavy atom. The molecular weight excluding hydrogens is 435 g/mol. The van der Waals surface area contributed by atoms with Crippen LogP contribution >= 0.6 is 7.82 Å². The molecule has 0 radical (unpaired) electrons. The normalized spacial score (nSPS) is 7.55. The Labute approximate surface area is 129 Å². The van der Waals surface area contributed by atoms with Gasteiger partial charge in [0.25, 0.3) is 0 Å². The van der Waals surface area contributed by atoms with Crippen LogP contribution in [0.2, 0.25) is 0 Å². The number of hydrogen-bond acceptors (Lipinski definition) is 2. The van der Waals surface area contributed by atoms with Gasteiger partial charge in [0.15, 0.2) is 0 Å². The molecule has 64 valence electrons.